The molecule has 0 aliphatic heterocycles. The van der Waals surface area contributed by atoms with E-state index in [1.54, 1.807) is 0 Å². The Balaban J connectivity index is 0.000000173. The summed E-state index contributed by atoms with van der Waals surface area (Å²) in [4.78, 5) is 0. The molecule has 0 N–H and O–H groups in total. The predicted molar refractivity (Wildman–Crippen MR) is 245 cm³/mol. The third-order valence-electron chi connectivity index (χ3n) is 10.9. The second-order valence-electron chi connectivity index (χ2n) is 19.6. The van der Waals surface area contributed by atoms with Gasteiger partial charge in [0.15, 0.2) is 0 Å². The van der Waals surface area contributed by atoms with Gasteiger partial charge in [-0.1, -0.05) is 117 Å². The molecule has 1 aliphatic rings. The molecule has 1 heteroatoms. The SMILES string of the molecule is CC(C)(C)c1cc2[cH-]c3cc(C(C)(C)C)c(C(C)(C)C)cc3c2cc1C(C)(C)C.[C-]1=CC=CC1.[Zr+2]=[C](c1ccc2ccccc2c1)c1ccc2ccccc2c1. The fraction of sp³-hybridized carbons (Fsp3) is 0.309. The van der Waals surface area contributed by atoms with Crippen LogP contribution in [0.15, 0.2) is 133 Å². The molecule has 284 valence electrons. The molecule has 0 fully saturated rings. The summed E-state index contributed by atoms with van der Waals surface area (Å²) < 4.78 is 1.41. The van der Waals surface area contributed by atoms with Crippen LogP contribution in [0, 0.1) is 6.08 Å². The summed E-state index contributed by atoms with van der Waals surface area (Å²) in [7, 11) is 0. The zero-order valence-corrected chi connectivity index (χ0v) is 38.4. The molecule has 56 heavy (non-hydrogen) atoms. The van der Waals surface area contributed by atoms with Crippen molar-refractivity contribution in [2.75, 3.05) is 0 Å². The van der Waals surface area contributed by atoms with Gasteiger partial charge in [-0.25, -0.2) is 12.2 Å². The van der Waals surface area contributed by atoms with Crippen LogP contribution < -0.4 is 0 Å². The zero-order valence-electron chi connectivity index (χ0n) is 35.9. The monoisotopic (exact) mass is 810 g/mol. The van der Waals surface area contributed by atoms with Crippen molar-refractivity contribution >= 4 is 46.3 Å². The zero-order chi connectivity index (χ0) is 40.6. The Morgan fingerprint density at radius 2 is 0.857 bits per heavy atom. The quantitative estimate of drug-likeness (QED) is 0.153. The van der Waals surface area contributed by atoms with Crippen molar-refractivity contribution in [1.82, 2.24) is 0 Å². The summed E-state index contributed by atoms with van der Waals surface area (Å²) in [5.74, 6) is 0. The van der Waals surface area contributed by atoms with Gasteiger partial charge in [-0.05, 0) is 21.7 Å². The van der Waals surface area contributed by atoms with Gasteiger partial charge < -0.3 is 0 Å². The van der Waals surface area contributed by atoms with Gasteiger partial charge in [0.25, 0.3) is 0 Å². The molecule has 7 aromatic rings. The molecular weight excluding hydrogens is 752 g/mol. The van der Waals surface area contributed by atoms with Crippen molar-refractivity contribution in [1.29, 1.82) is 0 Å². The van der Waals surface area contributed by atoms with Crippen LogP contribution in [0.1, 0.15) is 123 Å². The molecule has 0 atom stereocenters. The van der Waals surface area contributed by atoms with E-state index in [1.165, 1.54) is 104 Å². The van der Waals surface area contributed by atoms with Crippen molar-refractivity contribution in [3.8, 4) is 0 Å². The summed E-state index contributed by atoms with van der Waals surface area (Å²) in [5.41, 5.74) is 9.06. The molecule has 0 nitrogen and oxygen atoms in total. The molecule has 0 radical (unpaired) electrons. The van der Waals surface area contributed by atoms with E-state index >= 15 is 0 Å². The molecule has 0 aromatic heterocycles. The van der Waals surface area contributed by atoms with Crippen LogP contribution in [0.2, 0.25) is 0 Å². The van der Waals surface area contributed by atoms with Crippen LogP contribution in [0.3, 0.4) is 0 Å². The molecule has 8 rings (SSSR count). The minimum atomic E-state index is 0.124. The Morgan fingerprint density at radius 1 is 0.482 bits per heavy atom. The number of allylic oxidation sites excluding steroid dienone is 4. The number of rotatable bonds is 2. The summed E-state index contributed by atoms with van der Waals surface area (Å²) in [6.07, 6.45) is 10.0. The van der Waals surface area contributed by atoms with Crippen molar-refractivity contribution < 1.29 is 24.2 Å². The first kappa shape index (κ1) is 41.6. The number of hydrogen-bond donors (Lipinski definition) is 0. The van der Waals surface area contributed by atoms with Crippen molar-refractivity contribution in [3.05, 3.63) is 173 Å². The van der Waals surface area contributed by atoms with E-state index in [1.807, 2.05) is 12.2 Å². The van der Waals surface area contributed by atoms with Gasteiger partial charge in [-0.2, -0.15) is 6.08 Å². The topological polar surface area (TPSA) is 0 Å². The normalized spacial score (nSPS) is 13.2. The molecule has 0 saturated carbocycles. The maximum absolute atomic E-state index is 2.99. The van der Waals surface area contributed by atoms with E-state index in [9.17, 15) is 0 Å². The van der Waals surface area contributed by atoms with Gasteiger partial charge in [0.1, 0.15) is 0 Å². The first-order valence-electron chi connectivity index (χ1n) is 20.2. The molecule has 7 aromatic carbocycles. The summed E-state index contributed by atoms with van der Waals surface area (Å²) in [6.45, 7) is 28.0. The van der Waals surface area contributed by atoms with Gasteiger partial charge in [-0.3, -0.25) is 6.08 Å². The first-order chi connectivity index (χ1) is 26.2. The average molecular weight is 812 g/mol. The maximum atomic E-state index is 2.99. The van der Waals surface area contributed by atoms with Gasteiger partial charge >= 0.3 is 145 Å². The van der Waals surface area contributed by atoms with Gasteiger partial charge in [-0.15, -0.1) is 46.2 Å². The van der Waals surface area contributed by atoms with E-state index < -0.39 is 0 Å². The summed E-state index contributed by atoms with van der Waals surface area (Å²) in [6, 6.07) is 42.9. The van der Waals surface area contributed by atoms with Crippen LogP contribution in [0.5, 0.6) is 0 Å². The fourth-order valence-corrected chi connectivity index (χ4v) is 8.55. The van der Waals surface area contributed by atoms with Crippen LogP contribution >= 0.6 is 0 Å². The minimum absolute atomic E-state index is 0.124. The Labute approximate surface area is 352 Å². The molecule has 0 unspecified atom stereocenters. The van der Waals surface area contributed by atoms with E-state index in [-0.39, 0.29) is 21.7 Å². The van der Waals surface area contributed by atoms with Crippen molar-refractivity contribution in [3.63, 3.8) is 0 Å². The van der Waals surface area contributed by atoms with Crippen molar-refractivity contribution in [2.24, 2.45) is 0 Å². The molecule has 0 heterocycles. The van der Waals surface area contributed by atoms with Gasteiger partial charge in [0.05, 0.1) is 0 Å². The number of hydrogen-bond acceptors (Lipinski definition) is 0. The van der Waals surface area contributed by atoms with Gasteiger partial charge in [0, 0.05) is 0 Å². The fourth-order valence-electron chi connectivity index (χ4n) is 7.78. The molecule has 1 aliphatic carbocycles. The standard InChI is InChI=1S/C29H41.C21H14.C5H5.Zr/c1-26(2,3)22-14-18-13-19-15-23(27(4,5)6)25(29(10,11)12)17-21(19)20(18)16-24(22)28(7,8)9;1-3-7-20-14-16(9-11-18(20)5-1)13-17-10-12-19-6-2-4-8-21(19)15-17;1-2-4-5-3-1;/h13-17H,1-12H3;1-12,14-15H;1-3H,4H2;/q-1;;-1;+2. The summed E-state index contributed by atoms with van der Waals surface area (Å²) in [5, 5.41) is 10.8. The average Bonchev–Trinajstić information content (AvgIpc) is 3.84. The van der Waals surface area contributed by atoms with Crippen molar-refractivity contribution in [2.45, 2.75) is 111 Å². The van der Waals surface area contributed by atoms with E-state index in [4.69, 9.17) is 0 Å². The Kier molecular flexibility index (Phi) is 11.9. The predicted octanol–water partition coefficient (Wildman–Crippen LogP) is 15.3. The van der Waals surface area contributed by atoms with E-state index in [0.29, 0.717) is 0 Å². The van der Waals surface area contributed by atoms with E-state index in [0.717, 1.165) is 6.42 Å². The van der Waals surface area contributed by atoms with E-state index in [2.05, 4.69) is 210 Å². The van der Waals surface area contributed by atoms with Crippen LogP contribution in [-0.2, 0) is 45.9 Å². The molecule has 0 bridgehead atoms. The third kappa shape index (κ3) is 9.38. The molecular formula is C55H60Zr. The Hall–Kier alpha value is -4.06. The van der Waals surface area contributed by atoms with Crippen LogP contribution in [0.25, 0.3) is 43.1 Å². The molecule has 0 saturated heterocycles. The van der Waals surface area contributed by atoms with Crippen LogP contribution in [0.4, 0.5) is 0 Å². The Morgan fingerprint density at radius 3 is 1.18 bits per heavy atom. The second kappa shape index (κ2) is 16.1. The third-order valence-corrected chi connectivity index (χ3v) is 12.3. The molecule has 0 amide bonds. The molecule has 0 spiro atoms. The van der Waals surface area contributed by atoms with Crippen LogP contribution in [-0.4, -0.2) is 3.21 Å². The number of benzene rings is 6. The first-order valence-corrected chi connectivity index (χ1v) is 21.5. The Bertz CT molecular complexity index is 2410. The summed E-state index contributed by atoms with van der Waals surface area (Å²) >= 11 is 1.44. The van der Waals surface area contributed by atoms with Gasteiger partial charge in [0.2, 0.25) is 0 Å². The number of fused-ring (bicyclic) bond motifs is 5. The second-order valence-corrected chi connectivity index (χ2v) is 20.8.